The van der Waals surface area contributed by atoms with Crippen LogP contribution in [-0.2, 0) is 4.74 Å². The Labute approximate surface area is 107 Å². The van der Waals surface area contributed by atoms with E-state index in [4.69, 9.17) is 10.00 Å². The molecule has 0 amide bonds. The van der Waals surface area contributed by atoms with Gasteiger partial charge in [0.25, 0.3) is 0 Å². The van der Waals surface area contributed by atoms with Crippen molar-refractivity contribution in [3.05, 3.63) is 17.8 Å². The van der Waals surface area contributed by atoms with Crippen LogP contribution in [0.15, 0.2) is 12.3 Å². The summed E-state index contributed by atoms with van der Waals surface area (Å²) in [7, 11) is 0. The third-order valence-electron chi connectivity index (χ3n) is 3.70. The number of nitriles is 1. The first kappa shape index (κ1) is 12.8. The summed E-state index contributed by atoms with van der Waals surface area (Å²) in [6, 6.07) is 4.05. The molecule has 2 rings (SSSR count). The van der Waals surface area contributed by atoms with Crippen LogP contribution in [0.5, 0.6) is 0 Å². The Bertz CT molecular complexity index is 466. The predicted molar refractivity (Wildman–Crippen MR) is 68.0 cm³/mol. The van der Waals surface area contributed by atoms with E-state index in [1.807, 2.05) is 6.92 Å². The quantitative estimate of drug-likeness (QED) is 0.879. The number of rotatable bonds is 4. The van der Waals surface area contributed by atoms with E-state index in [9.17, 15) is 0 Å². The van der Waals surface area contributed by atoms with Crippen molar-refractivity contribution < 1.29 is 4.74 Å². The standard InChI is InChI=1S/C13H18N4O/c1-4-18-11-7-10(13(11,2)3)16-12-9(8-14)5-6-15-17-12/h5-6,10-11H,4,7H2,1-3H3,(H,16,17). The number of nitrogens with one attached hydrogen (secondary N) is 1. The van der Waals surface area contributed by atoms with Crippen molar-refractivity contribution in [3.8, 4) is 6.07 Å². The van der Waals surface area contributed by atoms with Crippen molar-refractivity contribution >= 4 is 5.82 Å². The lowest BCUT2D eigenvalue weighted by Crippen LogP contribution is -2.58. The van der Waals surface area contributed by atoms with Gasteiger partial charge in [-0.2, -0.15) is 10.4 Å². The molecule has 2 atom stereocenters. The summed E-state index contributed by atoms with van der Waals surface area (Å²) in [6.45, 7) is 7.07. The van der Waals surface area contributed by atoms with Crippen LogP contribution >= 0.6 is 0 Å². The molecule has 1 fully saturated rings. The van der Waals surface area contributed by atoms with Gasteiger partial charge in [-0.25, -0.2) is 0 Å². The second-order valence-electron chi connectivity index (χ2n) is 5.10. The Kier molecular flexibility index (Phi) is 3.48. The van der Waals surface area contributed by atoms with Crippen molar-refractivity contribution in [1.29, 1.82) is 5.26 Å². The number of hydrogen-bond acceptors (Lipinski definition) is 5. The highest BCUT2D eigenvalue weighted by molar-refractivity contribution is 5.51. The molecule has 1 saturated carbocycles. The molecule has 1 aliphatic rings. The van der Waals surface area contributed by atoms with Crippen LogP contribution in [0.3, 0.4) is 0 Å². The number of nitrogens with zero attached hydrogens (tertiary/aromatic N) is 3. The first-order valence-corrected chi connectivity index (χ1v) is 6.19. The molecule has 96 valence electrons. The van der Waals surface area contributed by atoms with Crippen molar-refractivity contribution in [1.82, 2.24) is 10.2 Å². The summed E-state index contributed by atoms with van der Waals surface area (Å²) < 4.78 is 5.68. The summed E-state index contributed by atoms with van der Waals surface area (Å²) in [5, 5.41) is 20.1. The minimum absolute atomic E-state index is 0.0419. The molecule has 1 aromatic heterocycles. The largest absolute Gasteiger partial charge is 0.378 e. The van der Waals surface area contributed by atoms with E-state index >= 15 is 0 Å². The normalized spacial score (nSPS) is 25.0. The lowest BCUT2D eigenvalue weighted by atomic mass is 9.64. The number of hydrogen-bond donors (Lipinski definition) is 1. The van der Waals surface area contributed by atoms with E-state index < -0.39 is 0 Å². The zero-order valence-corrected chi connectivity index (χ0v) is 11.0. The van der Waals surface area contributed by atoms with E-state index in [1.54, 1.807) is 6.07 Å². The Morgan fingerprint density at radius 2 is 2.39 bits per heavy atom. The highest BCUT2D eigenvalue weighted by Gasteiger charge is 2.49. The fourth-order valence-corrected chi connectivity index (χ4v) is 2.31. The lowest BCUT2D eigenvalue weighted by Gasteiger charge is -2.51. The van der Waals surface area contributed by atoms with Crippen LogP contribution in [-0.4, -0.2) is 29.0 Å². The van der Waals surface area contributed by atoms with Gasteiger partial charge in [-0.3, -0.25) is 0 Å². The molecule has 1 N–H and O–H groups in total. The average molecular weight is 246 g/mol. The third kappa shape index (κ3) is 2.16. The summed E-state index contributed by atoms with van der Waals surface area (Å²) in [4.78, 5) is 0. The minimum Gasteiger partial charge on any atom is -0.378 e. The molecule has 18 heavy (non-hydrogen) atoms. The maximum atomic E-state index is 9.01. The first-order chi connectivity index (χ1) is 8.59. The molecule has 5 heteroatoms. The summed E-state index contributed by atoms with van der Waals surface area (Å²) in [6.07, 6.45) is 2.73. The second-order valence-corrected chi connectivity index (χ2v) is 5.10. The van der Waals surface area contributed by atoms with E-state index in [2.05, 4.69) is 35.4 Å². The zero-order chi connectivity index (χ0) is 13.2. The van der Waals surface area contributed by atoms with Crippen LogP contribution in [0.25, 0.3) is 0 Å². The molecule has 5 nitrogen and oxygen atoms in total. The van der Waals surface area contributed by atoms with E-state index in [-0.39, 0.29) is 17.6 Å². The smallest absolute Gasteiger partial charge is 0.166 e. The molecule has 1 aromatic rings. The highest BCUT2D eigenvalue weighted by Crippen LogP contribution is 2.44. The van der Waals surface area contributed by atoms with Crippen LogP contribution in [0, 0.1) is 16.7 Å². The monoisotopic (exact) mass is 246 g/mol. The molecule has 0 aliphatic heterocycles. The predicted octanol–water partition coefficient (Wildman–Crippen LogP) is 1.96. The van der Waals surface area contributed by atoms with Gasteiger partial charge >= 0.3 is 0 Å². The van der Waals surface area contributed by atoms with Crippen LogP contribution in [0.4, 0.5) is 5.82 Å². The summed E-state index contributed by atoms with van der Waals surface area (Å²) in [5.41, 5.74) is 0.570. The molecule has 0 bridgehead atoms. The van der Waals surface area contributed by atoms with Gasteiger partial charge < -0.3 is 10.1 Å². The maximum Gasteiger partial charge on any atom is 0.166 e. The Balaban J connectivity index is 2.06. The van der Waals surface area contributed by atoms with Crippen molar-refractivity contribution in [2.24, 2.45) is 5.41 Å². The first-order valence-electron chi connectivity index (χ1n) is 6.19. The molecule has 0 spiro atoms. The van der Waals surface area contributed by atoms with Gasteiger partial charge in [0, 0.05) is 18.1 Å². The number of aromatic nitrogens is 2. The SMILES string of the molecule is CCOC1CC(Nc2nnccc2C#N)C1(C)C. The molecule has 1 heterocycles. The molecular formula is C13H18N4O. The topological polar surface area (TPSA) is 70.8 Å². The lowest BCUT2D eigenvalue weighted by molar-refractivity contribution is -0.0976. The molecule has 0 radical (unpaired) electrons. The van der Waals surface area contributed by atoms with Gasteiger partial charge in [-0.1, -0.05) is 13.8 Å². The van der Waals surface area contributed by atoms with E-state index in [0.29, 0.717) is 11.4 Å². The van der Waals surface area contributed by atoms with Gasteiger partial charge in [0.1, 0.15) is 6.07 Å². The molecule has 0 saturated heterocycles. The third-order valence-corrected chi connectivity index (χ3v) is 3.70. The van der Waals surface area contributed by atoms with Gasteiger partial charge in [0.15, 0.2) is 5.82 Å². The minimum atomic E-state index is 0.0419. The van der Waals surface area contributed by atoms with Crippen LogP contribution in [0.1, 0.15) is 32.8 Å². The molecule has 0 aromatic carbocycles. The molecule has 2 unspecified atom stereocenters. The molecular weight excluding hydrogens is 228 g/mol. The van der Waals surface area contributed by atoms with Crippen molar-refractivity contribution in [3.63, 3.8) is 0 Å². The fraction of sp³-hybridized carbons (Fsp3) is 0.615. The van der Waals surface area contributed by atoms with E-state index in [0.717, 1.165) is 13.0 Å². The summed E-state index contributed by atoms with van der Waals surface area (Å²) >= 11 is 0. The zero-order valence-electron chi connectivity index (χ0n) is 11.0. The van der Waals surface area contributed by atoms with Crippen molar-refractivity contribution in [2.75, 3.05) is 11.9 Å². The van der Waals surface area contributed by atoms with Gasteiger partial charge in [-0.15, -0.1) is 5.10 Å². The Morgan fingerprint density at radius 3 is 3.00 bits per heavy atom. The molecule has 1 aliphatic carbocycles. The number of anilines is 1. The highest BCUT2D eigenvalue weighted by atomic mass is 16.5. The fourth-order valence-electron chi connectivity index (χ4n) is 2.31. The summed E-state index contributed by atoms with van der Waals surface area (Å²) in [5.74, 6) is 0.563. The maximum absolute atomic E-state index is 9.01. The van der Waals surface area contributed by atoms with E-state index in [1.165, 1.54) is 6.20 Å². The van der Waals surface area contributed by atoms with Crippen molar-refractivity contribution in [2.45, 2.75) is 39.3 Å². The number of ether oxygens (including phenoxy) is 1. The average Bonchev–Trinajstić information content (AvgIpc) is 2.38. The second kappa shape index (κ2) is 4.91. The van der Waals surface area contributed by atoms with Gasteiger partial charge in [0.05, 0.1) is 17.9 Å². The van der Waals surface area contributed by atoms with Crippen LogP contribution < -0.4 is 5.32 Å². The van der Waals surface area contributed by atoms with Crippen LogP contribution in [0.2, 0.25) is 0 Å². The Hall–Kier alpha value is -1.67. The van der Waals surface area contributed by atoms with Gasteiger partial charge in [0.2, 0.25) is 0 Å². The Morgan fingerprint density at radius 1 is 1.61 bits per heavy atom. The van der Waals surface area contributed by atoms with Gasteiger partial charge in [-0.05, 0) is 19.4 Å².